The third-order valence-electron chi connectivity index (χ3n) is 3.57. The monoisotopic (exact) mass is 242 g/mol. The summed E-state index contributed by atoms with van der Waals surface area (Å²) in [6, 6.07) is 9.27. The molecule has 94 valence electrons. The minimum atomic E-state index is 0.499. The molecule has 0 radical (unpaired) electrons. The van der Waals surface area contributed by atoms with E-state index in [1.165, 1.54) is 30.4 Å². The van der Waals surface area contributed by atoms with Crippen LogP contribution in [0.25, 0.3) is 0 Å². The number of aromatic nitrogens is 3. The minimum absolute atomic E-state index is 0.499. The Balaban J connectivity index is 1.60. The largest absolute Gasteiger partial charge is 0.308 e. The fraction of sp³-hybridized carbons (Fsp3) is 0.429. The van der Waals surface area contributed by atoms with Gasteiger partial charge in [-0.2, -0.15) is 0 Å². The standard InChI is InChI=1S/C14H18N4/c1-2-6-13-12(4-1)5-3-7-14(13)15-8-10-18-11-9-16-17-18/h1-2,4,6,9,11,14-15H,3,5,7-8,10H2. The molecule has 1 aromatic carbocycles. The van der Waals surface area contributed by atoms with Crippen molar-refractivity contribution in [3.63, 3.8) is 0 Å². The summed E-state index contributed by atoms with van der Waals surface area (Å²) in [5, 5.41) is 11.4. The van der Waals surface area contributed by atoms with E-state index in [0.717, 1.165) is 13.1 Å². The lowest BCUT2D eigenvalue weighted by atomic mass is 9.88. The Kier molecular flexibility index (Phi) is 3.37. The van der Waals surface area contributed by atoms with Crippen LogP contribution in [0.15, 0.2) is 36.7 Å². The number of nitrogens with one attached hydrogen (secondary N) is 1. The van der Waals surface area contributed by atoms with Gasteiger partial charge in [-0.25, -0.2) is 0 Å². The summed E-state index contributed by atoms with van der Waals surface area (Å²) in [4.78, 5) is 0. The van der Waals surface area contributed by atoms with E-state index < -0.39 is 0 Å². The van der Waals surface area contributed by atoms with Crippen LogP contribution in [0.2, 0.25) is 0 Å². The maximum atomic E-state index is 3.97. The van der Waals surface area contributed by atoms with Gasteiger partial charge in [0.15, 0.2) is 0 Å². The molecule has 0 fully saturated rings. The van der Waals surface area contributed by atoms with Gasteiger partial charge >= 0.3 is 0 Å². The number of hydrogen-bond donors (Lipinski definition) is 1. The van der Waals surface area contributed by atoms with E-state index in [9.17, 15) is 0 Å². The molecule has 1 aromatic heterocycles. The Morgan fingerprint density at radius 1 is 1.33 bits per heavy atom. The van der Waals surface area contributed by atoms with E-state index in [2.05, 4.69) is 39.9 Å². The Morgan fingerprint density at radius 3 is 3.17 bits per heavy atom. The highest BCUT2D eigenvalue weighted by atomic mass is 15.4. The van der Waals surface area contributed by atoms with E-state index in [0.29, 0.717) is 6.04 Å². The third kappa shape index (κ3) is 2.43. The molecular weight excluding hydrogens is 224 g/mol. The van der Waals surface area contributed by atoms with Crippen molar-refractivity contribution in [2.45, 2.75) is 31.8 Å². The normalized spacial score (nSPS) is 18.6. The van der Waals surface area contributed by atoms with Crippen LogP contribution in [0, 0.1) is 0 Å². The molecule has 1 heterocycles. The molecular formula is C14H18N4. The molecule has 4 heteroatoms. The number of aryl methyl sites for hydroxylation is 1. The topological polar surface area (TPSA) is 42.7 Å². The molecule has 1 N–H and O–H groups in total. The van der Waals surface area contributed by atoms with Crippen molar-refractivity contribution in [2.75, 3.05) is 6.54 Å². The summed E-state index contributed by atoms with van der Waals surface area (Å²) in [6.07, 6.45) is 7.34. The summed E-state index contributed by atoms with van der Waals surface area (Å²) in [7, 11) is 0. The van der Waals surface area contributed by atoms with Gasteiger partial charge in [-0.15, -0.1) is 5.10 Å². The number of nitrogens with zero attached hydrogens (tertiary/aromatic N) is 3. The summed E-state index contributed by atoms with van der Waals surface area (Å²) >= 11 is 0. The van der Waals surface area contributed by atoms with Crippen LogP contribution in [0.5, 0.6) is 0 Å². The fourth-order valence-electron chi connectivity index (χ4n) is 2.67. The average molecular weight is 242 g/mol. The Bertz CT molecular complexity index is 492. The third-order valence-corrected chi connectivity index (χ3v) is 3.57. The molecule has 2 aromatic rings. The molecule has 1 aliphatic rings. The van der Waals surface area contributed by atoms with Crippen LogP contribution in [-0.4, -0.2) is 21.5 Å². The van der Waals surface area contributed by atoms with Crippen molar-refractivity contribution in [1.82, 2.24) is 20.3 Å². The molecule has 18 heavy (non-hydrogen) atoms. The molecule has 0 aliphatic heterocycles. The smallest absolute Gasteiger partial charge is 0.0692 e. The van der Waals surface area contributed by atoms with Gasteiger partial charge in [-0.05, 0) is 30.4 Å². The van der Waals surface area contributed by atoms with Crippen LogP contribution >= 0.6 is 0 Å². The van der Waals surface area contributed by atoms with Crippen LogP contribution in [0.1, 0.15) is 30.0 Å². The highest BCUT2D eigenvalue weighted by Gasteiger charge is 2.18. The predicted octanol–water partition coefficient (Wildman–Crippen LogP) is 1.95. The highest BCUT2D eigenvalue weighted by Crippen LogP contribution is 2.29. The predicted molar refractivity (Wildman–Crippen MR) is 70.1 cm³/mol. The van der Waals surface area contributed by atoms with Crippen molar-refractivity contribution in [3.8, 4) is 0 Å². The number of fused-ring (bicyclic) bond motifs is 1. The van der Waals surface area contributed by atoms with E-state index in [-0.39, 0.29) is 0 Å². The molecule has 0 spiro atoms. The first-order chi connectivity index (χ1) is 8.93. The van der Waals surface area contributed by atoms with Crippen molar-refractivity contribution in [1.29, 1.82) is 0 Å². The number of rotatable bonds is 4. The maximum Gasteiger partial charge on any atom is 0.0692 e. The quantitative estimate of drug-likeness (QED) is 0.891. The SMILES string of the molecule is c1ccc2c(c1)CCCC2NCCn1ccnn1. The van der Waals surface area contributed by atoms with Crippen molar-refractivity contribution < 1.29 is 0 Å². The number of benzene rings is 1. The van der Waals surface area contributed by atoms with Crippen molar-refractivity contribution in [2.24, 2.45) is 0 Å². The van der Waals surface area contributed by atoms with Crippen LogP contribution < -0.4 is 5.32 Å². The Morgan fingerprint density at radius 2 is 2.28 bits per heavy atom. The second kappa shape index (κ2) is 5.31. The lowest BCUT2D eigenvalue weighted by molar-refractivity contribution is 0.434. The Hall–Kier alpha value is -1.68. The summed E-state index contributed by atoms with van der Waals surface area (Å²) in [5.41, 5.74) is 2.98. The van der Waals surface area contributed by atoms with E-state index in [4.69, 9.17) is 0 Å². The molecule has 1 atom stereocenters. The molecule has 0 bridgehead atoms. The van der Waals surface area contributed by atoms with Crippen LogP contribution in [0.4, 0.5) is 0 Å². The lowest BCUT2D eigenvalue weighted by Gasteiger charge is -2.26. The summed E-state index contributed by atoms with van der Waals surface area (Å²) in [6.45, 7) is 1.81. The van der Waals surface area contributed by atoms with Gasteiger partial charge in [0.1, 0.15) is 0 Å². The molecule has 1 unspecified atom stereocenters. The molecule has 4 nitrogen and oxygen atoms in total. The molecule has 1 aliphatic carbocycles. The van der Waals surface area contributed by atoms with Crippen molar-refractivity contribution >= 4 is 0 Å². The average Bonchev–Trinajstić information content (AvgIpc) is 2.92. The molecule has 3 rings (SSSR count). The highest BCUT2D eigenvalue weighted by molar-refractivity contribution is 5.32. The van der Waals surface area contributed by atoms with Gasteiger partial charge in [0, 0.05) is 18.8 Å². The van der Waals surface area contributed by atoms with E-state index in [1.54, 1.807) is 6.20 Å². The van der Waals surface area contributed by atoms with E-state index >= 15 is 0 Å². The first kappa shape index (κ1) is 11.4. The second-order valence-electron chi connectivity index (χ2n) is 4.76. The van der Waals surface area contributed by atoms with Gasteiger partial charge in [0.2, 0.25) is 0 Å². The zero-order chi connectivity index (χ0) is 12.2. The van der Waals surface area contributed by atoms with Gasteiger partial charge < -0.3 is 5.32 Å². The molecule has 0 amide bonds. The minimum Gasteiger partial charge on any atom is -0.308 e. The van der Waals surface area contributed by atoms with Gasteiger partial charge in [-0.3, -0.25) is 4.68 Å². The molecule has 0 saturated heterocycles. The summed E-state index contributed by atoms with van der Waals surface area (Å²) < 4.78 is 1.86. The molecule has 0 saturated carbocycles. The Labute approximate surface area is 107 Å². The summed E-state index contributed by atoms with van der Waals surface area (Å²) in [5.74, 6) is 0. The maximum absolute atomic E-state index is 3.97. The zero-order valence-electron chi connectivity index (χ0n) is 10.4. The van der Waals surface area contributed by atoms with Crippen LogP contribution in [-0.2, 0) is 13.0 Å². The van der Waals surface area contributed by atoms with Crippen LogP contribution in [0.3, 0.4) is 0 Å². The van der Waals surface area contributed by atoms with Crippen molar-refractivity contribution in [3.05, 3.63) is 47.8 Å². The van der Waals surface area contributed by atoms with Gasteiger partial charge in [0.05, 0.1) is 12.7 Å². The zero-order valence-corrected chi connectivity index (χ0v) is 10.4. The second-order valence-corrected chi connectivity index (χ2v) is 4.76. The number of hydrogen-bond acceptors (Lipinski definition) is 3. The first-order valence-electron chi connectivity index (χ1n) is 6.59. The van der Waals surface area contributed by atoms with Gasteiger partial charge in [-0.1, -0.05) is 29.5 Å². The van der Waals surface area contributed by atoms with Gasteiger partial charge in [0.25, 0.3) is 0 Å². The lowest BCUT2D eigenvalue weighted by Crippen LogP contribution is -2.28. The fourth-order valence-corrected chi connectivity index (χ4v) is 2.67. The van der Waals surface area contributed by atoms with E-state index in [1.807, 2.05) is 10.9 Å². The first-order valence-corrected chi connectivity index (χ1v) is 6.59.